The number of alkyl halides is 2. The zero-order valence-electron chi connectivity index (χ0n) is 5.32. The first kappa shape index (κ1) is 7.57. The molecule has 0 radical (unpaired) electrons. The zero-order chi connectivity index (χ0) is 6.15. The third-order valence-electron chi connectivity index (χ3n) is 1.69. The molecule has 50 valence electrons. The summed E-state index contributed by atoms with van der Waals surface area (Å²) in [4.78, 5) is 2.45. The number of hydrogen-bond acceptors (Lipinski definition) is 0. The Morgan fingerprint density at radius 3 is 2.38 bits per heavy atom. The van der Waals surface area contributed by atoms with Crippen LogP contribution in [0.3, 0.4) is 0 Å². The van der Waals surface area contributed by atoms with E-state index in [1.165, 1.54) is 6.42 Å². The van der Waals surface area contributed by atoms with E-state index >= 15 is 0 Å². The second kappa shape index (κ2) is 3.03. The third-order valence-corrected chi connectivity index (χ3v) is 6.27. The second-order valence-corrected chi connectivity index (χ2v) is 15.8. The van der Waals surface area contributed by atoms with E-state index < -0.39 is 0 Å². The van der Waals surface area contributed by atoms with Crippen molar-refractivity contribution in [2.24, 2.45) is 11.8 Å². The van der Waals surface area contributed by atoms with E-state index in [0.29, 0.717) is 0 Å². The minimum absolute atomic E-state index is 0.378. The van der Waals surface area contributed by atoms with E-state index in [-0.39, 0.29) is 15.8 Å². The molecule has 0 aliphatic heterocycles. The Bertz CT molecular complexity index is 80.6. The number of rotatable bonds is 2. The first-order valence-electron chi connectivity index (χ1n) is 2.92. The van der Waals surface area contributed by atoms with E-state index in [4.69, 9.17) is 0 Å². The van der Waals surface area contributed by atoms with Gasteiger partial charge in [0.25, 0.3) is 0 Å². The average molecular weight is 338 g/mol. The van der Waals surface area contributed by atoms with Gasteiger partial charge in [0.15, 0.2) is 0 Å². The molecular weight excluding hydrogens is 326 g/mol. The number of halogens is 2. The molecule has 0 aromatic rings. The van der Waals surface area contributed by atoms with Gasteiger partial charge in [-0.05, 0) is 0 Å². The molecule has 1 aliphatic rings. The van der Waals surface area contributed by atoms with Gasteiger partial charge in [0.05, 0.1) is 0 Å². The van der Waals surface area contributed by atoms with Crippen molar-refractivity contribution in [1.29, 1.82) is 0 Å². The van der Waals surface area contributed by atoms with Gasteiger partial charge in [-0.25, -0.2) is 0 Å². The summed E-state index contributed by atoms with van der Waals surface area (Å²) >= 11 is 2.29. The third kappa shape index (κ3) is 2.37. The summed E-state index contributed by atoms with van der Waals surface area (Å²) in [5.74, 6) is 2.24. The Morgan fingerprint density at radius 2 is 2.25 bits per heavy atom. The van der Waals surface area contributed by atoms with Gasteiger partial charge in [-0.2, -0.15) is 0 Å². The molecule has 1 saturated carbocycles. The quantitative estimate of drug-likeness (QED) is 0.536. The predicted octanol–water partition coefficient (Wildman–Crippen LogP) is 3.13. The molecule has 2 unspecified atom stereocenters. The van der Waals surface area contributed by atoms with Crippen molar-refractivity contribution in [1.82, 2.24) is 0 Å². The topological polar surface area (TPSA) is 0 Å². The van der Waals surface area contributed by atoms with Crippen LogP contribution >= 0.6 is 34.5 Å². The van der Waals surface area contributed by atoms with Gasteiger partial charge in [-0.15, -0.1) is 0 Å². The fourth-order valence-electron chi connectivity index (χ4n) is 0.887. The number of hydrogen-bond donors (Lipinski definition) is 0. The maximum atomic E-state index is 2.66. The van der Waals surface area contributed by atoms with Gasteiger partial charge in [-0.3, -0.25) is 0 Å². The van der Waals surface area contributed by atoms with Crippen LogP contribution < -0.4 is 0 Å². The van der Waals surface area contributed by atoms with Crippen LogP contribution in [0, 0.1) is 11.8 Å². The van der Waals surface area contributed by atoms with Crippen molar-refractivity contribution in [3.63, 3.8) is 0 Å². The summed E-state index contributed by atoms with van der Waals surface area (Å²) in [6.45, 7) is 2.38. The van der Waals surface area contributed by atoms with Gasteiger partial charge in [0, 0.05) is 0 Å². The molecule has 8 heavy (non-hydrogen) atoms. The van der Waals surface area contributed by atoms with Crippen molar-refractivity contribution in [3.8, 4) is 0 Å². The van der Waals surface area contributed by atoms with Crippen LogP contribution in [0.5, 0.6) is 0 Å². The SMILES string of the molecule is CC1CC1CI(C)I. The van der Waals surface area contributed by atoms with Crippen molar-refractivity contribution >= 4 is 34.5 Å². The monoisotopic (exact) mass is 338 g/mol. The molecule has 0 amide bonds. The van der Waals surface area contributed by atoms with Crippen LogP contribution in [0.2, 0.25) is 0 Å². The Labute approximate surface area is 68.4 Å². The summed E-state index contributed by atoms with van der Waals surface area (Å²) in [6, 6.07) is 0. The molecule has 2 heteroatoms. The molecule has 1 aliphatic carbocycles. The molecule has 0 spiro atoms. The fraction of sp³-hybridized carbons (Fsp3) is 1.00. The molecule has 0 saturated heterocycles. The standard InChI is InChI=1S/C6H12I2/c1-5-3-6(5)4-8(2)7/h5-6H,3-4H2,1-2H3. The Balaban J connectivity index is 2.05. The first-order chi connectivity index (χ1) is 3.70. The summed E-state index contributed by atoms with van der Waals surface area (Å²) in [6.07, 6.45) is 1.53. The fourth-order valence-corrected chi connectivity index (χ4v) is 6.54. The van der Waals surface area contributed by atoms with Crippen LogP contribution in [0.4, 0.5) is 0 Å². The summed E-state index contributed by atoms with van der Waals surface area (Å²) in [7, 11) is 0. The predicted molar refractivity (Wildman–Crippen MR) is 56.1 cm³/mol. The molecule has 0 N–H and O–H groups in total. The maximum absolute atomic E-state index is 2.66. The first-order valence-corrected chi connectivity index (χ1v) is 12.9. The molecular formula is C6H12I2. The van der Waals surface area contributed by atoms with Crippen molar-refractivity contribution in [2.45, 2.75) is 13.3 Å². The molecule has 0 bridgehead atoms. The van der Waals surface area contributed by atoms with Gasteiger partial charge >= 0.3 is 69.0 Å². The minimum atomic E-state index is -0.378. The van der Waals surface area contributed by atoms with Crippen LogP contribution in [-0.2, 0) is 0 Å². The van der Waals surface area contributed by atoms with E-state index in [1.807, 2.05) is 0 Å². The van der Waals surface area contributed by atoms with E-state index in [0.717, 1.165) is 11.8 Å². The van der Waals surface area contributed by atoms with Crippen molar-refractivity contribution in [3.05, 3.63) is 0 Å². The molecule has 2 atom stereocenters. The van der Waals surface area contributed by atoms with E-state index in [1.54, 1.807) is 4.43 Å². The van der Waals surface area contributed by atoms with Crippen LogP contribution in [0.15, 0.2) is 0 Å². The van der Waals surface area contributed by atoms with Gasteiger partial charge in [0.2, 0.25) is 0 Å². The molecule has 0 heterocycles. The Kier molecular flexibility index (Phi) is 2.87. The Morgan fingerprint density at radius 1 is 1.75 bits per heavy atom. The van der Waals surface area contributed by atoms with Crippen LogP contribution in [0.25, 0.3) is 0 Å². The molecule has 1 fully saturated rings. The summed E-state index contributed by atoms with van der Waals surface area (Å²) in [5, 5.41) is 0. The molecule has 0 nitrogen and oxygen atoms in total. The molecule has 0 aromatic heterocycles. The van der Waals surface area contributed by atoms with Crippen LogP contribution in [0.1, 0.15) is 13.3 Å². The van der Waals surface area contributed by atoms with Crippen molar-refractivity contribution < 1.29 is 0 Å². The van der Waals surface area contributed by atoms with E-state index in [9.17, 15) is 0 Å². The normalized spacial score (nSPS) is 37.1. The van der Waals surface area contributed by atoms with Crippen molar-refractivity contribution in [2.75, 3.05) is 9.36 Å². The Hall–Kier alpha value is 1.46. The van der Waals surface area contributed by atoms with Gasteiger partial charge < -0.3 is 0 Å². The van der Waals surface area contributed by atoms with E-state index in [2.05, 4.69) is 30.5 Å². The summed E-state index contributed by atoms with van der Waals surface area (Å²) < 4.78 is 1.60. The second-order valence-electron chi connectivity index (χ2n) is 2.64. The summed E-state index contributed by atoms with van der Waals surface area (Å²) in [5.41, 5.74) is 0. The van der Waals surface area contributed by atoms with Gasteiger partial charge in [0.1, 0.15) is 0 Å². The zero-order valence-corrected chi connectivity index (χ0v) is 9.64. The molecule has 1 rings (SSSR count). The van der Waals surface area contributed by atoms with Crippen LogP contribution in [-0.4, -0.2) is 9.36 Å². The van der Waals surface area contributed by atoms with Gasteiger partial charge in [-0.1, -0.05) is 0 Å². The average Bonchev–Trinajstić information content (AvgIpc) is 2.17. The molecule has 0 aromatic carbocycles.